The van der Waals surface area contributed by atoms with Gasteiger partial charge in [0.15, 0.2) is 0 Å². The maximum Gasteiger partial charge on any atom is 0.238 e. The van der Waals surface area contributed by atoms with E-state index in [0.29, 0.717) is 16.9 Å². The first-order valence-corrected chi connectivity index (χ1v) is 10.4. The number of rotatable bonds is 7. The fraction of sp³-hybridized carbons (Fsp3) is 0.176. The minimum atomic E-state index is -3.89. The van der Waals surface area contributed by atoms with E-state index in [1.54, 1.807) is 19.1 Å². The van der Waals surface area contributed by atoms with Crippen LogP contribution in [0.4, 0.5) is 15.8 Å². The number of carbonyl (C=O) groups excluding carboxylic acids is 2. The Hall–Kier alpha value is -2.43. The van der Waals surface area contributed by atoms with Crippen LogP contribution < -0.4 is 15.8 Å². The van der Waals surface area contributed by atoms with Crippen LogP contribution in [0.25, 0.3) is 0 Å². The molecule has 0 radical (unpaired) electrons. The van der Waals surface area contributed by atoms with E-state index in [9.17, 15) is 22.4 Å². The number of thioether (sulfide) groups is 1. The zero-order chi connectivity index (χ0) is 20.0. The molecule has 0 saturated heterocycles. The molecule has 0 aliphatic heterocycles. The van der Waals surface area contributed by atoms with Crippen LogP contribution in [0.15, 0.2) is 47.4 Å². The third-order valence-corrected chi connectivity index (χ3v) is 5.36. The number of nitrogens with two attached hydrogens (primary N) is 1. The average molecular weight is 411 g/mol. The van der Waals surface area contributed by atoms with Crippen LogP contribution in [0.2, 0.25) is 0 Å². The lowest BCUT2D eigenvalue weighted by Gasteiger charge is -2.09. The molecule has 0 heterocycles. The lowest BCUT2D eigenvalue weighted by molar-refractivity contribution is -0.114. The predicted octanol–water partition coefficient (Wildman–Crippen LogP) is 2.09. The van der Waals surface area contributed by atoms with Crippen molar-refractivity contribution in [3.05, 3.63) is 53.8 Å². The van der Waals surface area contributed by atoms with Gasteiger partial charge in [0, 0.05) is 11.4 Å². The van der Waals surface area contributed by atoms with Crippen LogP contribution in [0.1, 0.15) is 5.56 Å². The molecule has 2 aromatic rings. The maximum absolute atomic E-state index is 12.8. The van der Waals surface area contributed by atoms with Crippen molar-refractivity contribution in [3.8, 4) is 0 Å². The molecule has 0 unspecified atom stereocenters. The number of aryl methyl sites for hydroxylation is 1. The highest BCUT2D eigenvalue weighted by atomic mass is 32.2. The van der Waals surface area contributed by atoms with Gasteiger partial charge in [-0.1, -0.05) is 6.07 Å². The van der Waals surface area contributed by atoms with Crippen LogP contribution in [0.3, 0.4) is 0 Å². The van der Waals surface area contributed by atoms with E-state index in [2.05, 4.69) is 10.6 Å². The molecule has 144 valence electrons. The zero-order valence-electron chi connectivity index (χ0n) is 14.4. The minimum absolute atomic E-state index is 0.00454. The number of primary sulfonamides is 1. The summed E-state index contributed by atoms with van der Waals surface area (Å²) in [7, 11) is -3.89. The molecule has 0 spiro atoms. The molecule has 2 aromatic carbocycles. The minimum Gasteiger partial charge on any atom is -0.325 e. The van der Waals surface area contributed by atoms with Crippen LogP contribution in [-0.4, -0.2) is 31.7 Å². The van der Waals surface area contributed by atoms with Crippen molar-refractivity contribution in [2.45, 2.75) is 11.8 Å². The average Bonchev–Trinajstić information content (AvgIpc) is 2.57. The second-order valence-electron chi connectivity index (χ2n) is 5.62. The fourth-order valence-corrected chi connectivity index (χ4v) is 3.57. The molecule has 7 nitrogen and oxygen atoms in total. The van der Waals surface area contributed by atoms with Crippen molar-refractivity contribution in [1.29, 1.82) is 0 Å². The predicted molar refractivity (Wildman–Crippen MR) is 104 cm³/mol. The van der Waals surface area contributed by atoms with Crippen molar-refractivity contribution in [1.82, 2.24) is 0 Å². The first-order valence-electron chi connectivity index (χ1n) is 7.71. The van der Waals surface area contributed by atoms with Crippen molar-refractivity contribution < 1.29 is 22.4 Å². The second kappa shape index (κ2) is 8.98. The summed E-state index contributed by atoms with van der Waals surface area (Å²) >= 11 is 1.08. The first kappa shape index (κ1) is 20.9. The smallest absolute Gasteiger partial charge is 0.238 e. The van der Waals surface area contributed by atoms with Crippen molar-refractivity contribution in [2.24, 2.45) is 5.14 Å². The Balaban J connectivity index is 1.82. The van der Waals surface area contributed by atoms with Gasteiger partial charge in [0.2, 0.25) is 21.8 Å². The van der Waals surface area contributed by atoms with Gasteiger partial charge in [0.25, 0.3) is 0 Å². The summed E-state index contributed by atoms with van der Waals surface area (Å²) in [6.07, 6.45) is 0. The number of sulfonamides is 1. The molecule has 2 amide bonds. The second-order valence-corrected chi connectivity index (χ2v) is 8.14. The summed E-state index contributed by atoms with van der Waals surface area (Å²) in [6, 6.07) is 9.72. The quantitative estimate of drug-likeness (QED) is 0.645. The van der Waals surface area contributed by atoms with Gasteiger partial charge >= 0.3 is 0 Å². The first-order chi connectivity index (χ1) is 12.6. The van der Waals surface area contributed by atoms with E-state index in [4.69, 9.17) is 5.14 Å². The van der Waals surface area contributed by atoms with Gasteiger partial charge in [-0.05, 0) is 48.9 Å². The molecule has 0 aliphatic carbocycles. The number of nitrogens with one attached hydrogen (secondary N) is 2. The molecule has 10 heteroatoms. The Morgan fingerprint density at radius 1 is 1.00 bits per heavy atom. The maximum atomic E-state index is 12.8. The fourth-order valence-electron chi connectivity index (χ4n) is 2.15. The van der Waals surface area contributed by atoms with Crippen LogP contribution in [0, 0.1) is 12.7 Å². The van der Waals surface area contributed by atoms with Gasteiger partial charge in [-0.25, -0.2) is 17.9 Å². The highest BCUT2D eigenvalue weighted by Gasteiger charge is 2.13. The van der Waals surface area contributed by atoms with Crippen LogP contribution in [-0.2, 0) is 19.6 Å². The summed E-state index contributed by atoms with van der Waals surface area (Å²) < 4.78 is 35.8. The van der Waals surface area contributed by atoms with Crippen LogP contribution in [0.5, 0.6) is 0 Å². The Labute approximate surface area is 160 Å². The van der Waals surface area contributed by atoms with Crippen molar-refractivity contribution >= 4 is 45.0 Å². The van der Waals surface area contributed by atoms with Crippen molar-refractivity contribution in [2.75, 3.05) is 22.1 Å². The summed E-state index contributed by atoms with van der Waals surface area (Å²) in [6.45, 7) is 1.60. The lowest BCUT2D eigenvalue weighted by Crippen LogP contribution is -2.19. The van der Waals surface area contributed by atoms with E-state index in [0.717, 1.165) is 11.8 Å². The summed E-state index contributed by atoms with van der Waals surface area (Å²) in [5.41, 5.74) is 1.23. The molecule has 2 rings (SSSR count). The summed E-state index contributed by atoms with van der Waals surface area (Å²) in [5.74, 6) is -1.10. The molecule has 0 fully saturated rings. The van der Waals surface area contributed by atoms with Gasteiger partial charge < -0.3 is 10.6 Å². The Kier molecular flexibility index (Phi) is 6.94. The van der Waals surface area contributed by atoms with Gasteiger partial charge in [-0.3, -0.25) is 9.59 Å². The number of halogens is 1. The van der Waals surface area contributed by atoms with Gasteiger partial charge in [0.1, 0.15) is 5.82 Å². The molecule has 0 atom stereocenters. The molecule has 27 heavy (non-hydrogen) atoms. The molecule has 0 bridgehead atoms. The molecular formula is C17H18FN3O4S2. The number of carbonyl (C=O) groups is 2. The summed E-state index contributed by atoms with van der Waals surface area (Å²) in [4.78, 5) is 23.7. The van der Waals surface area contributed by atoms with Crippen LogP contribution >= 0.6 is 11.8 Å². The van der Waals surface area contributed by atoms with E-state index < -0.39 is 15.8 Å². The normalized spacial score (nSPS) is 11.1. The number of anilines is 2. The largest absolute Gasteiger partial charge is 0.325 e. The highest BCUT2D eigenvalue weighted by Crippen LogP contribution is 2.19. The zero-order valence-corrected chi connectivity index (χ0v) is 16.0. The van der Waals surface area contributed by atoms with Crippen molar-refractivity contribution in [3.63, 3.8) is 0 Å². The van der Waals surface area contributed by atoms with E-state index in [1.807, 2.05) is 0 Å². The molecule has 0 aromatic heterocycles. The Morgan fingerprint density at radius 3 is 2.07 bits per heavy atom. The number of benzene rings is 2. The standard InChI is InChI=1S/C17H18FN3O4S2/c1-11-2-5-14(8-15(11)27(19,24)25)21-17(23)10-26-9-16(22)20-13-6-3-12(18)4-7-13/h2-8H,9-10H2,1H3,(H,20,22)(H,21,23)(H2,19,24,25). The SMILES string of the molecule is Cc1ccc(NC(=O)CSCC(=O)Nc2ccc(F)cc2)cc1S(N)(=O)=O. The topological polar surface area (TPSA) is 118 Å². The van der Waals surface area contributed by atoms with E-state index >= 15 is 0 Å². The lowest BCUT2D eigenvalue weighted by atomic mass is 10.2. The number of amides is 2. The number of hydrogen-bond acceptors (Lipinski definition) is 5. The van der Waals surface area contributed by atoms with E-state index in [1.165, 1.54) is 30.3 Å². The molecule has 0 saturated carbocycles. The number of hydrogen-bond donors (Lipinski definition) is 3. The summed E-state index contributed by atoms with van der Waals surface area (Å²) in [5, 5.41) is 10.3. The van der Waals surface area contributed by atoms with Gasteiger partial charge in [0.05, 0.1) is 16.4 Å². The monoisotopic (exact) mass is 411 g/mol. The molecular weight excluding hydrogens is 393 g/mol. The van der Waals surface area contributed by atoms with Gasteiger partial charge in [-0.15, -0.1) is 11.8 Å². The van der Waals surface area contributed by atoms with E-state index in [-0.39, 0.29) is 28.2 Å². The third kappa shape index (κ3) is 6.66. The van der Waals surface area contributed by atoms with Gasteiger partial charge in [-0.2, -0.15) is 0 Å². The molecule has 0 aliphatic rings. The highest BCUT2D eigenvalue weighted by molar-refractivity contribution is 8.00. The Morgan fingerprint density at radius 2 is 1.52 bits per heavy atom. The Bertz CT molecular complexity index is 947. The molecule has 4 N–H and O–H groups in total. The third-order valence-electron chi connectivity index (χ3n) is 3.37.